The number of rotatable bonds is 39. The third kappa shape index (κ3) is 35.4. The summed E-state index contributed by atoms with van der Waals surface area (Å²) in [5.41, 5.74) is 0. The highest BCUT2D eigenvalue weighted by Gasteiger charge is 2.25. The standard InChI is InChI=1S/C47H86N2O12S.C2H6/c1-9-12-15-18-24-37(4)44(53)57-34-40(33-50)60-42(51)27-21-30-49(47(56)62-32-23-29-48(7)8)31-22-28-43(52)61-41(35-58-45(54)38(5)25-19-16-13-10-2)36-59-46(55)39(6)26-20-17-14-11-3;1-2/h37-41,50H,9-36H2,1-8H3;1-2H3. The Morgan fingerprint density at radius 1 is 0.516 bits per heavy atom. The Morgan fingerprint density at radius 2 is 0.891 bits per heavy atom. The van der Waals surface area contributed by atoms with Crippen molar-refractivity contribution >= 4 is 46.8 Å². The van der Waals surface area contributed by atoms with E-state index in [0.717, 1.165) is 90.0 Å². The van der Waals surface area contributed by atoms with Crippen molar-refractivity contribution in [3.63, 3.8) is 0 Å². The topological polar surface area (TPSA) is 175 Å². The van der Waals surface area contributed by atoms with Crippen molar-refractivity contribution in [1.29, 1.82) is 0 Å². The number of unbranched alkanes of at least 4 members (excludes halogenated alkanes) is 9. The van der Waals surface area contributed by atoms with Gasteiger partial charge in [-0.25, -0.2) is 0 Å². The van der Waals surface area contributed by atoms with Crippen LogP contribution in [-0.2, 0) is 47.7 Å². The second-order valence-electron chi connectivity index (χ2n) is 17.0. The number of carbonyl (C=O) groups is 6. The van der Waals surface area contributed by atoms with Crippen molar-refractivity contribution in [3.05, 3.63) is 0 Å². The Morgan fingerprint density at radius 3 is 1.25 bits per heavy atom. The van der Waals surface area contributed by atoms with Crippen molar-refractivity contribution in [2.45, 2.75) is 196 Å². The summed E-state index contributed by atoms with van der Waals surface area (Å²) in [6.45, 7) is 15.8. The predicted octanol–water partition coefficient (Wildman–Crippen LogP) is 9.94. The molecule has 0 aromatic carbocycles. The second kappa shape index (κ2) is 42.7. The molecule has 0 aliphatic carbocycles. The lowest BCUT2D eigenvalue weighted by molar-refractivity contribution is -0.169. The van der Waals surface area contributed by atoms with Crippen LogP contribution in [0.15, 0.2) is 0 Å². The van der Waals surface area contributed by atoms with Crippen molar-refractivity contribution < 1.29 is 57.6 Å². The summed E-state index contributed by atoms with van der Waals surface area (Å²) in [6, 6.07) is 0. The van der Waals surface area contributed by atoms with Gasteiger partial charge in [0.25, 0.3) is 5.24 Å². The fourth-order valence-electron chi connectivity index (χ4n) is 6.42. The van der Waals surface area contributed by atoms with E-state index >= 15 is 0 Å². The van der Waals surface area contributed by atoms with Crippen LogP contribution in [0, 0.1) is 17.8 Å². The molecule has 1 amide bonds. The van der Waals surface area contributed by atoms with Crippen LogP contribution in [0.25, 0.3) is 0 Å². The number of hydrogen-bond donors (Lipinski definition) is 1. The zero-order chi connectivity index (χ0) is 48.5. The van der Waals surface area contributed by atoms with Gasteiger partial charge in [-0.05, 0) is 59.2 Å². The lowest BCUT2D eigenvalue weighted by atomic mass is 10.0. The molecule has 0 aromatic rings. The molecular weight excluding hydrogens is 841 g/mol. The summed E-state index contributed by atoms with van der Waals surface area (Å²) >= 11 is 1.17. The molecule has 14 nitrogen and oxygen atoms in total. The van der Waals surface area contributed by atoms with Crippen LogP contribution in [0.1, 0.15) is 184 Å². The summed E-state index contributed by atoms with van der Waals surface area (Å²) in [5, 5.41) is 9.60. The summed E-state index contributed by atoms with van der Waals surface area (Å²) < 4.78 is 27.5. The number of esters is 5. The van der Waals surface area contributed by atoms with Crippen LogP contribution in [0.5, 0.6) is 0 Å². The molecular formula is C49H92N2O12S. The fraction of sp³-hybridized carbons (Fsp3) is 0.878. The number of thioether (sulfide) groups is 1. The van der Waals surface area contributed by atoms with E-state index in [4.69, 9.17) is 23.7 Å². The Kier molecular flexibility index (Phi) is 42.2. The molecule has 0 rings (SSSR count). The van der Waals surface area contributed by atoms with Crippen molar-refractivity contribution in [2.75, 3.05) is 65.9 Å². The second-order valence-corrected chi connectivity index (χ2v) is 18.1. The van der Waals surface area contributed by atoms with Gasteiger partial charge < -0.3 is 38.6 Å². The summed E-state index contributed by atoms with van der Waals surface area (Å²) in [6.07, 6.45) is 13.8. The summed E-state index contributed by atoms with van der Waals surface area (Å²) in [7, 11) is 3.92. The van der Waals surface area contributed by atoms with Gasteiger partial charge in [-0.2, -0.15) is 0 Å². The zero-order valence-corrected chi connectivity index (χ0v) is 42.7. The smallest absolute Gasteiger partial charge is 0.308 e. The van der Waals surface area contributed by atoms with Gasteiger partial charge in [-0.15, -0.1) is 0 Å². The Balaban J connectivity index is 0. The molecule has 0 radical (unpaired) electrons. The Hall–Kier alpha value is -2.91. The normalized spacial score (nSPS) is 13.4. The van der Waals surface area contributed by atoms with E-state index in [-0.39, 0.29) is 81.6 Å². The molecule has 64 heavy (non-hydrogen) atoms. The van der Waals surface area contributed by atoms with E-state index in [1.165, 1.54) is 11.8 Å². The molecule has 0 aliphatic heterocycles. The van der Waals surface area contributed by atoms with Gasteiger partial charge in [-0.1, -0.05) is 144 Å². The minimum absolute atomic E-state index is 0.0385. The predicted molar refractivity (Wildman–Crippen MR) is 256 cm³/mol. The molecule has 0 aromatic heterocycles. The minimum atomic E-state index is -0.997. The molecule has 0 saturated heterocycles. The van der Waals surface area contributed by atoms with E-state index in [1.54, 1.807) is 11.8 Å². The van der Waals surface area contributed by atoms with Crippen LogP contribution >= 0.6 is 11.8 Å². The number of amides is 1. The first-order valence-electron chi connectivity index (χ1n) is 24.7. The van der Waals surface area contributed by atoms with Crippen molar-refractivity contribution in [1.82, 2.24) is 9.80 Å². The monoisotopic (exact) mass is 933 g/mol. The average Bonchev–Trinajstić information content (AvgIpc) is 3.28. The molecule has 0 fully saturated rings. The number of aliphatic hydroxyl groups is 1. The van der Waals surface area contributed by atoms with Gasteiger partial charge >= 0.3 is 29.8 Å². The van der Waals surface area contributed by atoms with E-state index < -0.39 is 48.7 Å². The number of hydrogen-bond acceptors (Lipinski definition) is 14. The fourth-order valence-corrected chi connectivity index (χ4v) is 7.23. The summed E-state index contributed by atoms with van der Waals surface area (Å²) in [4.78, 5) is 80.8. The molecule has 0 saturated carbocycles. The molecule has 4 atom stereocenters. The first kappa shape index (κ1) is 63.2. The first-order chi connectivity index (χ1) is 30.7. The zero-order valence-electron chi connectivity index (χ0n) is 41.9. The van der Waals surface area contributed by atoms with Gasteiger partial charge in [0.15, 0.2) is 12.2 Å². The van der Waals surface area contributed by atoms with Crippen LogP contribution in [-0.4, -0.2) is 128 Å². The lowest BCUT2D eigenvalue weighted by Gasteiger charge is -2.23. The molecule has 15 heteroatoms. The highest BCUT2D eigenvalue weighted by molar-refractivity contribution is 8.13. The SMILES string of the molecule is CC.CCCCCCC(C)C(=O)OCC(CO)OC(=O)CCCN(CCCC(=O)OC(COC(=O)C(C)CCCCCC)COC(=O)C(C)CCCCCC)C(=O)SCCCN(C)C. The van der Waals surface area contributed by atoms with Crippen LogP contribution in [0.4, 0.5) is 4.79 Å². The largest absolute Gasteiger partial charge is 0.461 e. The Bertz CT molecular complexity index is 1190. The maximum Gasteiger partial charge on any atom is 0.308 e. The van der Waals surface area contributed by atoms with Crippen LogP contribution < -0.4 is 0 Å². The molecule has 0 heterocycles. The van der Waals surface area contributed by atoms with Gasteiger partial charge in [0.2, 0.25) is 0 Å². The van der Waals surface area contributed by atoms with Gasteiger partial charge in [-0.3, -0.25) is 28.8 Å². The molecule has 1 N–H and O–H groups in total. The van der Waals surface area contributed by atoms with E-state index in [0.29, 0.717) is 25.0 Å². The number of nitrogens with zero attached hydrogens (tertiary/aromatic N) is 2. The van der Waals surface area contributed by atoms with Crippen LogP contribution in [0.3, 0.4) is 0 Å². The molecule has 4 unspecified atom stereocenters. The third-order valence-electron chi connectivity index (χ3n) is 10.6. The van der Waals surface area contributed by atoms with Crippen molar-refractivity contribution in [2.24, 2.45) is 17.8 Å². The average molecular weight is 933 g/mol. The third-order valence-corrected chi connectivity index (χ3v) is 11.6. The molecule has 0 bridgehead atoms. The van der Waals surface area contributed by atoms with Crippen molar-refractivity contribution in [3.8, 4) is 0 Å². The molecule has 0 aliphatic rings. The molecule has 0 spiro atoms. The van der Waals surface area contributed by atoms with Gasteiger partial charge in [0.1, 0.15) is 19.8 Å². The van der Waals surface area contributed by atoms with E-state index in [9.17, 15) is 33.9 Å². The maximum atomic E-state index is 13.3. The lowest BCUT2D eigenvalue weighted by Crippen LogP contribution is -2.34. The highest BCUT2D eigenvalue weighted by Crippen LogP contribution is 2.17. The number of aliphatic hydroxyl groups excluding tert-OH is 1. The highest BCUT2D eigenvalue weighted by atomic mass is 32.2. The van der Waals surface area contributed by atoms with Crippen LogP contribution in [0.2, 0.25) is 0 Å². The maximum absolute atomic E-state index is 13.3. The first-order valence-corrected chi connectivity index (χ1v) is 25.7. The molecule has 376 valence electrons. The van der Waals surface area contributed by atoms with Gasteiger partial charge in [0, 0.05) is 31.7 Å². The van der Waals surface area contributed by atoms with E-state index in [2.05, 4.69) is 20.8 Å². The van der Waals surface area contributed by atoms with Gasteiger partial charge in [0.05, 0.1) is 24.4 Å². The number of ether oxygens (including phenoxy) is 5. The quantitative estimate of drug-likeness (QED) is 0.0350. The van der Waals surface area contributed by atoms with E-state index in [1.807, 2.05) is 46.7 Å². The minimum Gasteiger partial charge on any atom is -0.461 e. The number of carbonyl (C=O) groups excluding carboxylic acids is 6. The summed E-state index contributed by atoms with van der Waals surface area (Å²) in [5.74, 6) is -2.69. The Labute approximate surface area is 392 Å².